The summed E-state index contributed by atoms with van der Waals surface area (Å²) in [6, 6.07) is 7.43. The molecule has 1 aromatic rings. The number of hydrogen-bond acceptors (Lipinski definition) is 3. The van der Waals surface area contributed by atoms with Crippen LogP contribution in [0.2, 0.25) is 0 Å². The molecule has 2 rings (SSSR count). The van der Waals surface area contributed by atoms with Gasteiger partial charge in [0.1, 0.15) is 5.75 Å². The average Bonchev–Trinajstić information content (AvgIpc) is 2.82. The van der Waals surface area contributed by atoms with Gasteiger partial charge in [0.05, 0.1) is 6.10 Å². The Kier molecular flexibility index (Phi) is 4.15. The van der Waals surface area contributed by atoms with Gasteiger partial charge in [0.25, 0.3) is 0 Å². The van der Waals surface area contributed by atoms with E-state index in [9.17, 15) is 4.79 Å². The Hall–Kier alpha value is -1.35. The number of rotatable bonds is 5. The molecule has 92 valence electrons. The first kappa shape index (κ1) is 12.1. The van der Waals surface area contributed by atoms with Crippen LogP contribution >= 0.6 is 0 Å². The third kappa shape index (κ3) is 3.30. The van der Waals surface area contributed by atoms with Gasteiger partial charge in [-0.15, -0.1) is 0 Å². The number of carbonyl (C=O) groups excluding carboxylic acids is 1. The lowest BCUT2D eigenvalue weighted by atomic mass is 10.1. The molecule has 0 unspecified atom stereocenters. The topological polar surface area (TPSA) is 52.3 Å². The van der Waals surface area contributed by atoms with E-state index in [1.165, 1.54) is 12.8 Å². The minimum atomic E-state index is 0.0874. The van der Waals surface area contributed by atoms with Crippen LogP contribution in [0.15, 0.2) is 24.3 Å². The number of ketones is 1. The summed E-state index contributed by atoms with van der Waals surface area (Å²) in [5.41, 5.74) is 6.08. The van der Waals surface area contributed by atoms with Crippen molar-refractivity contribution in [2.45, 2.75) is 38.2 Å². The van der Waals surface area contributed by atoms with Gasteiger partial charge in [0.15, 0.2) is 5.78 Å². The summed E-state index contributed by atoms with van der Waals surface area (Å²) in [6.45, 7) is 0.395. The molecule has 0 spiro atoms. The van der Waals surface area contributed by atoms with E-state index in [-0.39, 0.29) is 5.78 Å². The van der Waals surface area contributed by atoms with Gasteiger partial charge in [0.2, 0.25) is 0 Å². The van der Waals surface area contributed by atoms with Crippen LogP contribution in [0.25, 0.3) is 0 Å². The first-order chi connectivity index (χ1) is 8.29. The Labute approximate surface area is 102 Å². The molecule has 3 nitrogen and oxygen atoms in total. The van der Waals surface area contributed by atoms with Crippen LogP contribution in [0, 0.1) is 0 Å². The van der Waals surface area contributed by atoms with Crippen LogP contribution in [0.3, 0.4) is 0 Å². The second-order valence-electron chi connectivity index (χ2n) is 4.51. The SMILES string of the molecule is NCCC(=O)c1cccc(OC2CCCC2)c1. The van der Waals surface area contributed by atoms with Crippen molar-refractivity contribution in [1.82, 2.24) is 0 Å². The summed E-state index contributed by atoms with van der Waals surface area (Å²) in [5.74, 6) is 0.893. The van der Waals surface area contributed by atoms with E-state index >= 15 is 0 Å². The van der Waals surface area contributed by atoms with Crippen LogP contribution < -0.4 is 10.5 Å². The molecular formula is C14H19NO2. The Morgan fingerprint density at radius 1 is 1.35 bits per heavy atom. The summed E-state index contributed by atoms with van der Waals surface area (Å²) in [7, 11) is 0. The fourth-order valence-electron chi connectivity index (χ4n) is 2.22. The minimum absolute atomic E-state index is 0.0874. The summed E-state index contributed by atoms with van der Waals surface area (Å²) in [4.78, 5) is 11.7. The maximum Gasteiger partial charge on any atom is 0.164 e. The predicted octanol–water partition coefficient (Wildman–Crippen LogP) is 2.54. The van der Waals surface area contributed by atoms with E-state index in [1.807, 2.05) is 24.3 Å². The Balaban J connectivity index is 2.02. The van der Waals surface area contributed by atoms with Crippen LogP contribution in [0.5, 0.6) is 5.75 Å². The molecule has 0 saturated heterocycles. The van der Waals surface area contributed by atoms with Gasteiger partial charge in [-0.2, -0.15) is 0 Å². The van der Waals surface area contributed by atoms with Crippen molar-refractivity contribution < 1.29 is 9.53 Å². The van der Waals surface area contributed by atoms with Crippen LogP contribution in [-0.2, 0) is 0 Å². The maximum atomic E-state index is 11.7. The van der Waals surface area contributed by atoms with Gasteiger partial charge in [-0.3, -0.25) is 4.79 Å². The molecule has 0 radical (unpaired) electrons. The van der Waals surface area contributed by atoms with Crippen molar-refractivity contribution in [3.63, 3.8) is 0 Å². The van der Waals surface area contributed by atoms with Gasteiger partial charge in [-0.25, -0.2) is 0 Å². The van der Waals surface area contributed by atoms with Crippen LogP contribution in [0.4, 0.5) is 0 Å². The average molecular weight is 233 g/mol. The molecule has 1 aliphatic rings. The lowest BCUT2D eigenvalue weighted by molar-refractivity contribution is 0.0984. The first-order valence-corrected chi connectivity index (χ1v) is 6.29. The number of benzene rings is 1. The fraction of sp³-hybridized carbons (Fsp3) is 0.500. The molecule has 0 aliphatic heterocycles. The normalized spacial score (nSPS) is 16.1. The van der Waals surface area contributed by atoms with Crippen molar-refractivity contribution in [2.24, 2.45) is 5.73 Å². The number of nitrogens with two attached hydrogens (primary N) is 1. The third-order valence-corrected chi connectivity index (χ3v) is 3.13. The van der Waals surface area contributed by atoms with E-state index in [2.05, 4.69) is 0 Å². The molecule has 0 bridgehead atoms. The molecule has 2 N–H and O–H groups in total. The molecule has 1 aromatic carbocycles. The third-order valence-electron chi connectivity index (χ3n) is 3.13. The molecule has 1 aliphatic carbocycles. The zero-order chi connectivity index (χ0) is 12.1. The van der Waals surface area contributed by atoms with E-state index < -0.39 is 0 Å². The minimum Gasteiger partial charge on any atom is -0.490 e. The number of Topliss-reactive ketones (excluding diaryl/α,β-unsaturated/α-hetero) is 1. The van der Waals surface area contributed by atoms with Gasteiger partial charge < -0.3 is 10.5 Å². The maximum absolute atomic E-state index is 11.7. The lowest BCUT2D eigenvalue weighted by Crippen LogP contribution is -2.12. The van der Waals surface area contributed by atoms with Crippen molar-refractivity contribution in [3.8, 4) is 5.75 Å². The Bertz CT molecular complexity index is 384. The smallest absolute Gasteiger partial charge is 0.164 e. The molecule has 0 atom stereocenters. The quantitative estimate of drug-likeness (QED) is 0.795. The molecular weight excluding hydrogens is 214 g/mol. The molecule has 1 saturated carbocycles. The zero-order valence-corrected chi connectivity index (χ0v) is 10.0. The summed E-state index contributed by atoms with van der Waals surface area (Å²) < 4.78 is 5.86. The number of ether oxygens (including phenoxy) is 1. The Morgan fingerprint density at radius 2 is 2.12 bits per heavy atom. The highest BCUT2D eigenvalue weighted by Crippen LogP contribution is 2.24. The summed E-state index contributed by atoms with van der Waals surface area (Å²) in [6.07, 6.45) is 5.47. The molecule has 0 amide bonds. The standard InChI is InChI=1S/C14H19NO2/c15-9-8-14(16)11-4-3-7-13(10-11)17-12-5-1-2-6-12/h3-4,7,10,12H,1-2,5-6,8-9,15H2. The van der Waals surface area contributed by atoms with Crippen LogP contribution in [-0.4, -0.2) is 18.4 Å². The van der Waals surface area contributed by atoms with Gasteiger partial charge in [-0.1, -0.05) is 12.1 Å². The highest BCUT2D eigenvalue weighted by atomic mass is 16.5. The lowest BCUT2D eigenvalue weighted by Gasteiger charge is -2.13. The predicted molar refractivity (Wildman–Crippen MR) is 67.3 cm³/mol. The molecule has 1 fully saturated rings. The van der Waals surface area contributed by atoms with Gasteiger partial charge >= 0.3 is 0 Å². The largest absolute Gasteiger partial charge is 0.490 e. The van der Waals surface area contributed by atoms with E-state index in [1.54, 1.807) is 0 Å². The number of hydrogen-bond donors (Lipinski definition) is 1. The van der Waals surface area contributed by atoms with Crippen molar-refractivity contribution in [2.75, 3.05) is 6.54 Å². The van der Waals surface area contributed by atoms with Gasteiger partial charge in [-0.05, 0) is 44.4 Å². The fourth-order valence-corrected chi connectivity index (χ4v) is 2.22. The monoisotopic (exact) mass is 233 g/mol. The highest BCUT2D eigenvalue weighted by Gasteiger charge is 2.16. The van der Waals surface area contributed by atoms with Crippen molar-refractivity contribution >= 4 is 5.78 Å². The molecule has 3 heteroatoms. The zero-order valence-electron chi connectivity index (χ0n) is 10.0. The summed E-state index contributed by atoms with van der Waals surface area (Å²) in [5, 5.41) is 0. The van der Waals surface area contributed by atoms with E-state index in [4.69, 9.17) is 10.5 Å². The summed E-state index contributed by atoms with van der Waals surface area (Å²) >= 11 is 0. The highest BCUT2D eigenvalue weighted by molar-refractivity contribution is 5.96. The number of carbonyl (C=O) groups is 1. The van der Waals surface area contributed by atoms with Crippen molar-refractivity contribution in [1.29, 1.82) is 0 Å². The Morgan fingerprint density at radius 3 is 2.82 bits per heavy atom. The van der Waals surface area contributed by atoms with Crippen LogP contribution in [0.1, 0.15) is 42.5 Å². The second-order valence-corrected chi connectivity index (χ2v) is 4.51. The molecule has 0 heterocycles. The molecule has 0 aromatic heterocycles. The molecule has 17 heavy (non-hydrogen) atoms. The second kappa shape index (κ2) is 5.82. The van der Waals surface area contributed by atoms with Gasteiger partial charge in [0, 0.05) is 12.0 Å². The van der Waals surface area contributed by atoms with Crippen molar-refractivity contribution in [3.05, 3.63) is 29.8 Å². The van der Waals surface area contributed by atoms with E-state index in [0.29, 0.717) is 24.6 Å². The first-order valence-electron chi connectivity index (χ1n) is 6.29. The van der Waals surface area contributed by atoms with E-state index in [0.717, 1.165) is 18.6 Å².